The fourth-order valence-corrected chi connectivity index (χ4v) is 1.91. The normalized spacial score (nSPS) is 10.5. The molecule has 0 spiro atoms. The van der Waals surface area contributed by atoms with Gasteiger partial charge in [-0.1, -0.05) is 0 Å². The van der Waals surface area contributed by atoms with Gasteiger partial charge in [0.15, 0.2) is 0 Å². The highest BCUT2D eigenvalue weighted by Gasteiger charge is 1.94. The van der Waals surface area contributed by atoms with Gasteiger partial charge in [-0.2, -0.15) is 0 Å². The third kappa shape index (κ3) is 0.954. The van der Waals surface area contributed by atoms with Gasteiger partial charge in [0.2, 0.25) is 0 Å². The van der Waals surface area contributed by atoms with Gasteiger partial charge in [0.25, 0.3) is 0 Å². The highest BCUT2D eigenvalue weighted by atomic mass is 79.9. The van der Waals surface area contributed by atoms with Crippen molar-refractivity contribution in [2.75, 3.05) is 0 Å². The van der Waals surface area contributed by atoms with Crippen molar-refractivity contribution in [1.29, 1.82) is 0 Å². The monoisotopic (exact) mass is 213 g/mol. The van der Waals surface area contributed by atoms with Crippen LogP contribution in [0.1, 0.15) is 0 Å². The van der Waals surface area contributed by atoms with E-state index in [0.717, 1.165) is 9.99 Å². The van der Waals surface area contributed by atoms with Crippen molar-refractivity contribution in [3.05, 3.63) is 27.5 Å². The molecule has 0 N–H and O–H groups in total. The standard InChI is InChI=1S/C7H4BrNS/c8-6-1-5-3-10-4-7(5)9-2-6/h1-4H. The number of hydrogen-bond acceptors (Lipinski definition) is 2. The highest BCUT2D eigenvalue weighted by Crippen LogP contribution is 2.19. The van der Waals surface area contributed by atoms with Crippen molar-refractivity contribution in [1.82, 2.24) is 4.98 Å². The summed E-state index contributed by atoms with van der Waals surface area (Å²) in [6.07, 6.45) is 1.81. The Morgan fingerprint density at radius 3 is 3.20 bits per heavy atom. The first-order chi connectivity index (χ1) is 4.86. The Kier molecular flexibility index (Phi) is 1.47. The van der Waals surface area contributed by atoms with E-state index in [-0.39, 0.29) is 0 Å². The van der Waals surface area contributed by atoms with Crippen LogP contribution in [0.4, 0.5) is 0 Å². The summed E-state index contributed by atoms with van der Waals surface area (Å²) in [5.74, 6) is 0. The van der Waals surface area contributed by atoms with Gasteiger partial charge in [-0.3, -0.25) is 4.98 Å². The van der Waals surface area contributed by atoms with Crippen LogP contribution in [-0.4, -0.2) is 4.98 Å². The first-order valence-corrected chi connectivity index (χ1v) is 4.57. The lowest BCUT2D eigenvalue weighted by atomic mass is 10.3. The second kappa shape index (κ2) is 2.32. The molecular weight excluding hydrogens is 210 g/mol. The minimum absolute atomic E-state index is 1.04. The van der Waals surface area contributed by atoms with Crippen molar-refractivity contribution in [2.45, 2.75) is 0 Å². The molecule has 0 saturated carbocycles. The molecule has 10 heavy (non-hydrogen) atoms. The van der Waals surface area contributed by atoms with E-state index in [0.29, 0.717) is 0 Å². The van der Waals surface area contributed by atoms with Crippen molar-refractivity contribution in [2.24, 2.45) is 0 Å². The molecule has 0 aliphatic carbocycles. The Labute approximate surface area is 70.8 Å². The van der Waals surface area contributed by atoms with E-state index in [4.69, 9.17) is 0 Å². The summed E-state index contributed by atoms with van der Waals surface area (Å²) in [6, 6.07) is 2.07. The third-order valence-electron chi connectivity index (χ3n) is 1.29. The Bertz CT molecular complexity index is 355. The summed E-state index contributed by atoms with van der Waals surface area (Å²) in [5.41, 5.74) is 1.08. The molecule has 3 heteroatoms. The molecule has 0 bridgehead atoms. The summed E-state index contributed by atoms with van der Waals surface area (Å²) >= 11 is 5.04. The van der Waals surface area contributed by atoms with Crippen molar-refractivity contribution < 1.29 is 0 Å². The lowest BCUT2D eigenvalue weighted by molar-refractivity contribution is 1.40. The molecule has 0 aliphatic rings. The highest BCUT2D eigenvalue weighted by molar-refractivity contribution is 9.10. The molecule has 0 unspecified atom stereocenters. The maximum Gasteiger partial charge on any atom is 0.0809 e. The quantitative estimate of drug-likeness (QED) is 0.656. The fraction of sp³-hybridized carbons (Fsp3) is 0. The van der Waals surface area contributed by atoms with Crippen LogP contribution in [0.3, 0.4) is 0 Å². The summed E-state index contributed by atoms with van der Waals surface area (Å²) in [4.78, 5) is 4.20. The van der Waals surface area contributed by atoms with Crippen LogP contribution in [0.5, 0.6) is 0 Å². The Balaban J connectivity index is 2.86. The Morgan fingerprint density at radius 2 is 2.30 bits per heavy atom. The lowest BCUT2D eigenvalue weighted by Crippen LogP contribution is -1.70. The zero-order valence-corrected chi connectivity index (χ0v) is 7.45. The number of hydrogen-bond donors (Lipinski definition) is 0. The second-order valence-corrected chi connectivity index (χ2v) is 3.66. The number of nitrogens with zero attached hydrogens (tertiary/aromatic N) is 1. The van der Waals surface area contributed by atoms with Crippen LogP contribution in [0.2, 0.25) is 0 Å². The molecule has 0 atom stereocenters. The van der Waals surface area contributed by atoms with Crippen LogP contribution < -0.4 is 0 Å². The van der Waals surface area contributed by atoms with Gasteiger partial charge in [0.05, 0.1) is 5.52 Å². The number of halogens is 1. The van der Waals surface area contributed by atoms with Crippen molar-refractivity contribution in [3.63, 3.8) is 0 Å². The molecular formula is C7H4BrNS. The van der Waals surface area contributed by atoms with Gasteiger partial charge >= 0.3 is 0 Å². The van der Waals surface area contributed by atoms with E-state index in [1.807, 2.05) is 11.6 Å². The topological polar surface area (TPSA) is 12.9 Å². The van der Waals surface area contributed by atoms with E-state index in [1.54, 1.807) is 11.3 Å². The van der Waals surface area contributed by atoms with Gasteiger partial charge in [0.1, 0.15) is 0 Å². The summed E-state index contributed by atoms with van der Waals surface area (Å²) in [5, 5.41) is 5.34. The maximum atomic E-state index is 4.20. The first-order valence-electron chi connectivity index (χ1n) is 2.84. The minimum atomic E-state index is 1.04. The number of thiophene rings is 1. The van der Waals surface area contributed by atoms with Gasteiger partial charge in [0, 0.05) is 26.8 Å². The predicted octanol–water partition coefficient (Wildman–Crippen LogP) is 3.06. The van der Waals surface area contributed by atoms with Gasteiger partial charge in [-0.15, -0.1) is 11.3 Å². The molecule has 50 valence electrons. The van der Waals surface area contributed by atoms with Crippen LogP contribution >= 0.6 is 27.3 Å². The van der Waals surface area contributed by atoms with Crippen LogP contribution in [-0.2, 0) is 0 Å². The zero-order valence-electron chi connectivity index (χ0n) is 5.04. The Hall–Kier alpha value is -0.410. The molecule has 2 aromatic rings. The van der Waals surface area contributed by atoms with Crippen LogP contribution in [0.25, 0.3) is 10.9 Å². The predicted molar refractivity (Wildman–Crippen MR) is 47.3 cm³/mol. The SMILES string of the molecule is Brc1cnc2cscc2c1. The summed E-state index contributed by atoms with van der Waals surface area (Å²) < 4.78 is 1.04. The van der Waals surface area contributed by atoms with Crippen LogP contribution in [0.15, 0.2) is 27.5 Å². The van der Waals surface area contributed by atoms with Crippen LogP contribution in [0, 0.1) is 0 Å². The second-order valence-electron chi connectivity index (χ2n) is 2.00. The smallest absolute Gasteiger partial charge is 0.0809 e. The average molecular weight is 214 g/mol. The van der Waals surface area contributed by atoms with E-state index < -0.39 is 0 Å². The largest absolute Gasteiger partial charge is 0.254 e. The molecule has 0 saturated heterocycles. The molecule has 1 nitrogen and oxygen atoms in total. The number of aromatic nitrogens is 1. The summed E-state index contributed by atoms with van der Waals surface area (Å²) in [7, 11) is 0. The Morgan fingerprint density at radius 1 is 1.40 bits per heavy atom. The van der Waals surface area contributed by atoms with Gasteiger partial charge in [-0.25, -0.2) is 0 Å². The van der Waals surface area contributed by atoms with Gasteiger partial charge < -0.3 is 0 Å². The van der Waals surface area contributed by atoms with Gasteiger partial charge in [-0.05, 0) is 22.0 Å². The van der Waals surface area contributed by atoms with E-state index >= 15 is 0 Å². The summed E-state index contributed by atoms with van der Waals surface area (Å²) in [6.45, 7) is 0. The van der Waals surface area contributed by atoms with E-state index in [1.165, 1.54) is 5.39 Å². The number of pyridine rings is 1. The maximum absolute atomic E-state index is 4.20. The molecule has 2 aromatic heterocycles. The lowest BCUT2D eigenvalue weighted by Gasteiger charge is -1.87. The molecule has 2 heterocycles. The fourth-order valence-electron chi connectivity index (χ4n) is 0.830. The molecule has 0 amide bonds. The average Bonchev–Trinajstić information content (AvgIpc) is 2.33. The number of fused-ring (bicyclic) bond motifs is 1. The van der Waals surface area contributed by atoms with Crippen molar-refractivity contribution in [3.8, 4) is 0 Å². The molecule has 0 radical (unpaired) electrons. The third-order valence-corrected chi connectivity index (χ3v) is 2.47. The van der Waals surface area contributed by atoms with Crippen molar-refractivity contribution >= 4 is 38.2 Å². The number of rotatable bonds is 0. The molecule has 0 aromatic carbocycles. The molecule has 2 rings (SSSR count). The van der Waals surface area contributed by atoms with E-state index in [2.05, 4.69) is 32.4 Å². The first kappa shape index (κ1) is 6.31. The minimum Gasteiger partial charge on any atom is -0.254 e. The molecule has 0 fully saturated rings. The van der Waals surface area contributed by atoms with E-state index in [9.17, 15) is 0 Å². The molecule has 0 aliphatic heterocycles. The zero-order chi connectivity index (χ0) is 6.97.